The highest BCUT2D eigenvalue weighted by Crippen LogP contribution is 2.37. The maximum absolute atomic E-state index is 12.3. The number of benzene rings is 2. The predicted octanol–water partition coefficient (Wildman–Crippen LogP) is 3.54. The highest BCUT2D eigenvalue weighted by Gasteiger charge is 2.35. The quantitative estimate of drug-likeness (QED) is 0.922. The Bertz CT molecular complexity index is 687. The van der Waals surface area contributed by atoms with Gasteiger partial charge in [-0.2, -0.15) is 0 Å². The van der Waals surface area contributed by atoms with Crippen LogP contribution in [-0.2, 0) is 11.3 Å². The van der Waals surface area contributed by atoms with Crippen LogP contribution in [0.3, 0.4) is 0 Å². The van der Waals surface area contributed by atoms with Gasteiger partial charge in [0.25, 0.3) is 0 Å². The lowest BCUT2D eigenvalue weighted by molar-refractivity contribution is -0.119. The average molecular weight is 307 g/mol. The van der Waals surface area contributed by atoms with Gasteiger partial charge in [-0.25, -0.2) is 0 Å². The van der Waals surface area contributed by atoms with Gasteiger partial charge in [-0.1, -0.05) is 41.4 Å². The van der Waals surface area contributed by atoms with E-state index in [0.717, 1.165) is 16.8 Å². The zero-order valence-corrected chi connectivity index (χ0v) is 12.0. The van der Waals surface area contributed by atoms with Crippen LogP contribution in [0.15, 0.2) is 42.5 Å². The Balaban J connectivity index is 2.00. The van der Waals surface area contributed by atoms with Crippen LogP contribution >= 0.6 is 23.2 Å². The Morgan fingerprint density at radius 2 is 1.90 bits per heavy atom. The van der Waals surface area contributed by atoms with Crippen molar-refractivity contribution < 1.29 is 4.79 Å². The van der Waals surface area contributed by atoms with E-state index in [2.05, 4.69) is 0 Å². The number of carbonyl (C=O) groups excluding carboxylic acids is 1. The molecule has 0 fully saturated rings. The molecule has 5 heteroatoms. The van der Waals surface area contributed by atoms with Gasteiger partial charge in [0, 0.05) is 21.3 Å². The standard InChI is InChI=1S/C15H12Cl2N2O/c16-10-5-6-13-11(7-10)14(18)15(20)19(13)8-9-3-1-2-4-12(9)17/h1-7,14H,8,18H2/t14-/m1/s1. The lowest BCUT2D eigenvalue weighted by Crippen LogP contribution is -2.31. The lowest BCUT2D eigenvalue weighted by Gasteiger charge is -2.18. The Morgan fingerprint density at radius 3 is 2.65 bits per heavy atom. The SMILES string of the molecule is N[C@H]1C(=O)N(Cc2ccccc2Cl)c2ccc(Cl)cc21. The van der Waals surface area contributed by atoms with Crippen molar-refractivity contribution in [2.45, 2.75) is 12.6 Å². The molecule has 1 amide bonds. The second-order valence-corrected chi connectivity index (χ2v) is 5.54. The molecule has 0 unspecified atom stereocenters. The first-order chi connectivity index (χ1) is 9.58. The molecular weight excluding hydrogens is 295 g/mol. The third kappa shape index (κ3) is 2.18. The van der Waals surface area contributed by atoms with Crippen LogP contribution in [0.25, 0.3) is 0 Å². The fraction of sp³-hybridized carbons (Fsp3) is 0.133. The van der Waals surface area contributed by atoms with Gasteiger partial charge >= 0.3 is 0 Å². The maximum atomic E-state index is 12.3. The van der Waals surface area contributed by atoms with Gasteiger partial charge in [0.05, 0.1) is 6.54 Å². The van der Waals surface area contributed by atoms with Crippen LogP contribution in [0, 0.1) is 0 Å². The molecule has 0 aliphatic carbocycles. The maximum Gasteiger partial charge on any atom is 0.248 e. The van der Waals surface area contributed by atoms with E-state index in [1.54, 1.807) is 23.1 Å². The fourth-order valence-electron chi connectivity index (χ4n) is 2.40. The molecule has 0 saturated carbocycles. The Hall–Kier alpha value is -1.55. The number of fused-ring (bicyclic) bond motifs is 1. The molecular formula is C15H12Cl2N2O. The Labute approximate surface area is 126 Å². The smallest absolute Gasteiger partial charge is 0.248 e. The number of carbonyl (C=O) groups is 1. The number of nitrogens with zero attached hydrogens (tertiary/aromatic N) is 1. The Morgan fingerprint density at radius 1 is 1.15 bits per heavy atom. The van der Waals surface area contributed by atoms with Crippen LogP contribution in [-0.4, -0.2) is 5.91 Å². The molecule has 1 aliphatic rings. The van der Waals surface area contributed by atoms with Crippen molar-refractivity contribution in [3.63, 3.8) is 0 Å². The summed E-state index contributed by atoms with van der Waals surface area (Å²) in [5.74, 6) is -0.137. The van der Waals surface area contributed by atoms with Crippen molar-refractivity contribution in [3.05, 3.63) is 63.6 Å². The highest BCUT2D eigenvalue weighted by atomic mass is 35.5. The summed E-state index contributed by atoms with van der Waals surface area (Å²) < 4.78 is 0. The summed E-state index contributed by atoms with van der Waals surface area (Å²) in [6, 6.07) is 12.1. The molecule has 102 valence electrons. The molecule has 0 saturated heterocycles. The molecule has 2 aromatic carbocycles. The van der Waals surface area contributed by atoms with Gasteiger partial charge in [-0.3, -0.25) is 4.79 Å². The molecule has 1 atom stereocenters. The summed E-state index contributed by atoms with van der Waals surface area (Å²) >= 11 is 12.1. The van der Waals surface area contributed by atoms with Gasteiger partial charge in [-0.15, -0.1) is 0 Å². The largest absolute Gasteiger partial charge is 0.316 e. The zero-order chi connectivity index (χ0) is 14.3. The van der Waals surface area contributed by atoms with E-state index in [0.29, 0.717) is 16.6 Å². The van der Waals surface area contributed by atoms with Gasteiger partial charge in [0.1, 0.15) is 6.04 Å². The number of hydrogen-bond donors (Lipinski definition) is 1. The third-order valence-corrected chi connectivity index (χ3v) is 4.04. The first kappa shape index (κ1) is 13.4. The number of rotatable bonds is 2. The summed E-state index contributed by atoms with van der Waals surface area (Å²) in [7, 11) is 0. The van der Waals surface area contributed by atoms with Crippen molar-refractivity contribution in [3.8, 4) is 0 Å². The molecule has 0 aromatic heterocycles. The molecule has 3 rings (SSSR count). The lowest BCUT2D eigenvalue weighted by atomic mass is 10.1. The zero-order valence-electron chi connectivity index (χ0n) is 10.5. The molecule has 20 heavy (non-hydrogen) atoms. The molecule has 2 N–H and O–H groups in total. The van der Waals surface area contributed by atoms with E-state index in [-0.39, 0.29) is 5.91 Å². The van der Waals surface area contributed by atoms with Gasteiger partial charge < -0.3 is 10.6 Å². The fourth-order valence-corrected chi connectivity index (χ4v) is 2.78. The molecule has 1 heterocycles. The second-order valence-electron chi connectivity index (χ2n) is 4.70. The van der Waals surface area contributed by atoms with Gasteiger partial charge in [-0.05, 0) is 29.8 Å². The van der Waals surface area contributed by atoms with Crippen molar-refractivity contribution in [1.82, 2.24) is 0 Å². The van der Waals surface area contributed by atoms with E-state index in [1.807, 2.05) is 24.3 Å². The van der Waals surface area contributed by atoms with Crippen LogP contribution in [0.5, 0.6) is 0 Å². The van der Waals surface area contributed by atoms with E-state index < -0.39 is 6.04 Å². The minimum absolute atomic E-state index is 0.137. The topological polar surface area (TPSA) is 46.3 Å². The number of halogens is 2. The molecule has 0 bridgehead atoms. The average Bonchev–Trinajstić information content (AvgIpc) is 2.66. The molecule has 1 aliphatic heterocycles. The predicted molar refractivity (Wildman–Crippen MR) is 81.0 cm³/mol. The summed E-state index contributed by atoms with van der Waals surface area (Å²) in [5, 5.41) is 1.21. The van der Waals surface area contributed by atoms with Crippen LogP contribution in [0.2, 0.25) is 10.0 Å². The highest BCUT2D eigenvalue weighted by molar-refractivity contribution is 6.31. The Kier molecular flexibility index (Phi) is 3.42. The van der Waals surface area contributed by atoms with E-state index in [1.165, 1.54) is 0 Å². The van der Waals surface area contributed by atoms with Crippen molar-refractivity contribution >= 4 is 34.8 Å². The van der Waals surface area contributed by atoms with Crippen LogP contribution in [0.4, 0.5) is 5.69 Å². The molecule has 0 radical (unpaired) electrons. The summed E-state index contributed by atoms with van der Waals surface area (Å²) in [6.45, 7) is 0.404. The van der Waals surface area contributed by atoms with Crippen molar-refractivity contribution in [2.75, 3.05) is 4.90 Å². The molecule has 0 spiro atoms. The minimum atomic E-state index is -0.661. The summed E-state index contributed by atoms with van der Waals surface area (Å²) in [6.07, 6.45) is 0. The van der Waals surface area contributed by atoms with Crippen molar-refractivity contribution in [2.24, 2.45) is 5.73 Å². The summed E-state index contributed by atoms with van der Waals surface area (Å²) in [5.41, 5.74) is 8.40. The van der Waals surface area contributed by atoms with Gasteiger partial charge in [0.2, 0.25) is 5.91 Å². The van der Waals surface area contributed by atoms with Gasteiger partial charge in [0.15, 0.2) is 0 Å². The van der Waals surface area contributed by atoms with E-state index in [4.69, 9.17) is 28.9 Å². The minimum Gasteiger partial charge on any atom is -0.316 e. The number of anilines is 1. The number of hydrogen-bond acceptors (Lipinski definition) is 2. The van der Waals surface area contributed by atoms with E-state index in [9.17, 15) is 4.79 Å². The number of amides is 1. The third-order valence-electron chi connectivity index (χ3n) is 3.43. The molecule has 2 aromatic rings. The normalized spacial score (nSPS) is 17.4. The second kappa shape index (κ2) is 5.09. The summed E-state index contributed by atoms with van der Waals surface area (Å²) in [4.78, 5) is 14.0. The van der Waals surface area contributed by atoms with Crippen LogP contribution < -0.4 is 10.6 Å². The number of nitrogens with two attached hydrogens (primary N) is 1. The first-order valence-electron chi connectivity index (χ1n) is 6.18. The monoisotopic (exact) mass is 306 g/mol. The van der Waals surface area contributed by atoms with E-state index >= 15 is 0 Å². The van der Waals surface area contributed by atoms with Crippen molar-refractivity contribution in [1.29, 1.82) is 0 Å². The molecule has 3 nitrogen and oxygen atoms in total. The first-order valence-corrected chi connectivity index (χ1v) is 6.93. The van der Waals surface area contributed by atoms with Crippen LogP contribution in [0.1, 0.15) is 17.2 Å².